The lowest BCUT2D eigenvalue weighted by molar-refractivity contribution is 0.411. The largest absolute Gasteiger partial charge is 0.306 e. The number of nitrogens with zero attached hydrogens (tertiary/aromatic N) is 2. The van der Waals surface area contributed by atoms with Crippen molar-refractivity contribution in [2.24, 2.45) is 0 Å². The normalized spacial score (nSPS) is 18.4. The van der Waals surface area contributed by atoms with Crippen LogP contribution in [0.3, 0.4) is 0 Å². The third-order valence-corrected chi connectivity index (χ3v) is 6.54. The van der Waals surface area contributed by atoms with Crippen molar-refractivity contribution < 1.29 is 8.42 Å². The molecule has 4 rings (SSSR count). The van der Waals surface area contributed by atoms with Crippen LogP contribution in [0.1, 0.15) is 17.9 Å². The molecule has 3 aromatic rings. The van der Waals surface area contributed by atoms with Gasteiger partial charge in [-0.25, -0.2) is 8.42 Å². The Morgan fingerprint density at radius 2 is 1.84 bits per heavy atom. The first-order valence-corrected chi connectivity index (χ1v) is 9.49. The number of sulfone groups is 1. The Labute approximate surface area is 153 Å². The van der Waals surface area contributed by atoms with Gasteiger partial charge < -0.3 is 4.90 Å². The molecule has 0 radical (unpaired) electrons. The van der Waals surface area contributed by atoms with Crippen LogP contribution in [0.25, 0.3) is 10.9 Å². The first-order valence-electron chi connectivity index (χ1n) is 8.01. The minimum atomic E-state index is -3.51. The Balaban J connectivity index is 0.00000182. The molecule has 1 atom stereocenters. The zero-order valence-electron chi connectivity index (χ0n) is 13.8. The van der Waals surface area contributed by atoms with Crippen LogP contribution in [0, 0.1) is 0 Å². The summed E-state index contributed by atoms with van der Waals surface area (Å²) in [6, 6.07) is 12.4. The number of halogens is 1. The second-order valence-electron chi connectivity index (χ2n) is 6.44. The highest BCUT2D eigenvalue weighted by Crippen LogP contribution is 2.29. The number of aromatic nitrogens is 2. The van der Waals surface area contributed by atoms with Crippen molar-refractivity contribution in [1.29, 1.82) is 0 Å². The van der Waals surface area contributed by atoms with Gasteiger partial charge >= 0.3 is 0 Å². The molecule has 1 fully saturated rings. The SMILES string of the molecule is CN1CC[C@@H](c2ccc(S(=O)(=O)c3ccc4[nH]ncc4c3)cc2)C1.Cl. The number of fused-ring (bicyclic) bond motifs is 1. The fourth-order valence-corrected chi connectivity index (χ4v) is 4.65. The zero-order chi connectivity index (χ0) is 16.7. The van der Waals surface area contributed by atoms with Crippen molar-refractivity contribution in [3.63, 3.8) is 0 Å². The van der Waals surface area contributed by atoms with Crippen molar-refractivity contribution in [3.8, 4) is 0 Å². The van der Waals surface area contributed by atoms with Crippen LogP contribution in [0.15, 0.2) is 58.5 Å². The monoisotopic (exact) mass is 377 g/mol. The van der Waals surface area contributed by atoms with E-state index in [2.05, 4.69) is 22.1 Å². The van der Waals surface area contributed by atoms with Crippen molar-refractivity contribution in [1.82, 2.24) is 15.1 Å². The summed E-state index contributed by atoms with van der Waals surface area (Å²) in [6.45, 7) is 2.12. The predicted molar refractivity (Wildman–Crippen MR) is 100 cm³/mol. The third-order valence-electron chi connectivity index (χ3n) is 4.78. The molecular formula is C18H20ClN3O2S. The van der Waals surface area contributed by atoms with Gasteiger partial charge in [-0.3, -0.25) is 5.10 Å². The molecule has 1 saturated heterocycles. The summed E-state index contributed by atoms with van der Waals surface area (Å²) in [5.74, 6) is 0.494. The summed E-state index contributed by atoms with van der Waals surface area (Å²) in [5, 5.41) is 7.56. The summed E-state index contributed by atoms with van der Waals surface area (Å²) in [7, 11) is -1.40. The molecule has 0 aliphatic carbocycles. The number of aromatic amines is 1. The highest BCUT2D eigenvalue weighted by molar-refractivity contribution is 7.91. The molecule has 2 heterocycles. The molecule has 1 N–H and O–H groups in total. The summed E-state index contributed by atoms with van der Waals surface area (Å²) < 4.78 is 25.7. The van der Waals surface area contributed by atoms with E-state index in [9.17, 15) is 8.42 Å². The molecule has 1 aliphatic heterocycles. The van der Waals surface area contributed by atoms with Crippen molar-refractivity contribution in [3.05, 3.63) is 54.2 Å². The second kappa shape index (κ2) is 6.78. The lowest BCUT2D eigenvalue weighted by Crippen LogP contribution is -2.13. The molecule has 0 bridgehead atoms. The van der Waals surface area contributed by atoms with E-state index in [1.807, 2.05) is 12.1 Å². The third kappa shape index (κ3) is 3.29. The molecule has 7 heteroatoms. The van der Waals surface area contributed by atoms with E-state index in [1.165, 1.54) is 5.56 Å². The highest BCUT2D eigenvalue weighted by atomic mass is 35.5. The number of hydrogen-bond donors (Lipinski definition) is 1. The van der Waals surface area contributed by atoms with E-state index in [4.69, 9.17) is 0 Å². The average Bonchev–Trinajstić information content (AvgIpc) is 3.23. The van der Waals surface area contributed by atoms with Crippen molar-refractivity contribution in [2.75, 3.05) is 20.1 Å². The molecule has 132 valence electrons. The Bertz CT molecular complexity index is 983. The van der Waals surface area contributed by atoms with E-state index in [-0.39, 0.29) is 12.4 Å². The van der Waals surface area contributed by atoms with E-state index >= 15 is 0 Å². The maximum atomic E-state index is 12.8. The van der Waals surface area contributed by atoms with Gasteiger partial charge in [0.25, 0.3) is 0 Å². The molecule has 0 spiro atoms. The van der Waals surface area contributed by atoms with Gasteiger partial charge in [0.05, 0.1) is 21.5 Å². The fourth-order valence-electron chi connectivity index (χ4n) is 3.35. The Morgan fingerprint density at radius 3 is 2.52 bits per heavy atom. The van der Waals surface area contributed by atoms with Crippen LogP contribution in [-0.4, -0.2) is 43.7 Å². The molecule has 5 nitrogen and oxygen atoms in total. The standard InChI is InChI=1S/C18H19N3O2S.ClH/c1-21-9-8-14(12-21)13-2-4-16(5-3-13)24(22,23)17-6-7-18-15(10-17)11-19-20-18;/h2-7,10-11,14H,8-9,12H2,1H3,(H,19,20);1H/t14-;/m1./s1. The van der Waals surface area contributed by atoms with Crippen LogP contribution < -0.4 is 0 Å². The van der Waals surface area contributed by atoms with Gasteiger partial charge in [0, 0.05) is 11.9 Å². The highest BCUT2D eigenvalue weighted by Gasteiger charge is 2.23. The minimum Gasteiger partial charge on any atom is -0.306 e. The summed E-state index contributed by atoms with van der Waals surface area (Å²) >= 11 is 0. The predicted octanol–water partition coefficient (Wildman–Crippen LogP) is 3.24. The first kappa shape index (κ1) is 17.9. The van der Waals surface area contributed by atoms with Gasteiger partial charge in [-0.05, 0) is 61.8 Å². The minimum absolute atomic E-state index is 0. The van der Waals surface area contributed by atoms with E-state index in [0.29, 0.717) is 15.7 Å². The number of likely N-dealkylation sites (tertiary alicyclic amines) is 1. The number of hydrogen-bond acceptors (Lipinski definition) is 4. The zero-order valence-corrected chi connectivity index (χ0v) is 15.5. The van der Waals surface area contributed by atoms with Gasteiger partial charge in [-0.15, -0.1) is 12.4 Å². The Kier molecular flexibility index (Phi) is 4.86. The molecule has 1 aliphatic rings. The average molecular weight is 378 g/mol. The van der Waals surface area contributed by atoms with Gasteiger partial charge in [0.15, 0.2) is 0 Å². The van der Waals surface area contributed by atoms with E-state index in [0.717, 1.165) is 30.4 Å². The Morgan fingerprint density at radius 1 is 1.12 bits per heavy atom. The molecule has 0 unspecified atom stereocenters. The number of H-pyrrole nitrogens is 1. The smallest absolute Gasteiger partial charge is 0.206 e. The quantitative estimate of drug-likeness (QED) is 0.761. The molecular weight excluding hydrogens is 358 g/mol. The molecule has 0 saturated carbocycles. The van der Waals surface area contributed by atoms with Gasteiger partial charge in [-0.2, -0.15) is 5.10 Å². The van der Waals surface area contributed by atoms with Crippen molar-refractivity contribution >= 4 is 33.1 Å². The van der Waals surface area contributed by atoms with E-state index in [1.54, 1.807) is 36.5 Å². The summed E-state index contributed by atoms with van der Waals surface area (Å²) in [6.07, 6.45) is 2.76. The molecule has 25 heavy (non-hydrogen) atoms. The summed E-state index contributed by atoms with van der Waals surface area (Å²) in [5.41, 5.74) is 2.04. The topological polar surface area (TPSA) is 66.1 Å². The number of benzene rings is 2. The number of nitrogens with one attached hydrogen (secondary N) is 1. The maximum Gasteiger partial charge on any atom is 0.206 e. The number of likely N-dealkylation sites (N-methyl/N-ethyl adjacent to an activating group) is 1. The summed E-state index contributed by atoms with van der Waals surface area (Å²) in [4.78, 5) is 2.93. The van der Waals surface area contributed by atoms with Gasteiger partial charge in [0.2, 0.25) is 9.84 Å². The molecule has 2 aromatic carbocycles. The van der Waals surface area contributed by atoms with Crippen LogP contribution >= 0.6 is 12.4 Å². The van der Waals surface area contributed by atoms with Gasteiger partial charge in [-0.1, -0.05) is 12.1 Å². The lowest BCUT2D eigenvalue weighted by Gasteiger charge is -2.12. The number of rotatable bonds is 3. The van der Waals surface area contributed by atoms with Gasteiger partial charge in [0.1, 0.15) is 0 Å². The maximum absolute atomic E-state index is 12.8. The van der Waals surface area contributed by atoms with E-state index < -0.39 is 9.84 Å². The van der Waals surface area contributed by atoms with Crippen LogP contribution in [0.5, 0.6) is 0 Å². The first-order chi connectivity index (χ1) is 11.5. The lowest BCUT2D eigenvalue weighted by atomic mass is 9.99. The molecule has 0 amide bonds. The van der Waals surface area contributed by atoms with Crippen LogP contribution in [0.4, 0.5) is 0 Å². The fraction of sp³-hybridized carbons (Fsp3) is 0.278. The van der Waals surface area contributed by atoms with Crippen LogP contribution in [0.2, 0.25) is 0 Å². The van der Waals surface area contributed by atoms with Crippen molar-refractivity contribution in [2.45, 2.75) is 22.1 Å². The second-order valence-corrected chi connectivity index (χ2v) is 8.39. The van der Waals surface area contributed by atoms with Crippen LogP contribution in [-0.2, 0) is 9.84 Å². The molecule has 1 aromatic heterocycles. The Hall–Kier alpha value is -1.89.